The van der Waals surface area contributed by atoms with Gasteiger partial charge in [0.25, 0.3) is 0 Å². The van der Waals surface area contributed by atoms with Gasteiger partial charge < -0.3 is 0 Å². The Hall–Kier alpha value is -5.62. The Morgan fingerprint density at radius 3 is 1.08 bits per heavy atom. The molecule has 2 aromatic carbocycles. The minimum absolute atomic E-state index is 0.807. The van der Waals surface area contributed by atoms with E-state index in [9.17, 15) is 0 Å². The van der Waals surface area contributed by atoms with E-state index in [1.807, 2.05) is 49.3 Å². The molecule has 6 rings (SSSR count). The van der Waals surface area contributed by atoms with Gasteiger partial charge in [-0.15, -0.1) is 0 Å². The molecule has 6 heteroatoms. The van der Waals surface area contributed by atoms with Crippen molar-refractivity contribution in [2.24, 2.45) is 9.98 Å². The molecule has 0 aliphatic rings. The summed E-state index contributed by atoms with van der Waals surface area (Å²) in [5.74, 6) is 0. The van der Waals surface area contributed by atoms with E-state index in [0.717, 1.165) is 87.2 Å². The van der Waals surface area contributed by atoms with Crippen LogP contribution in [0.1, 0.15) is 57.6 Å². The van der Waals surface area contributed by atoms with Crippen molar-refractivity contribution in [3.8, 4) is 11.4 Å². The number of hydrogen-bond donors (Lipinski definition) is 0. The third-order valence-corrected chi connectivity index (χ3v) is 8.65. The van der Waals surface area contributed by atoms with Gasteiger partial charge in [0.05, 0.1) is 22.8 Å². The number of rotatable bonds is 17. The van der Waals surface area contributed by atoms with E-state index in [0.29, 0.717) is 0 Å². The molecule has 6 nitrogen and oxygen atoms in total. The van der Waals surface area contributed by atoms with Crippen molar-refractivity contribution in [3.63, 3.8) is 0 Å². The fourth-order valence-electron chi connectivity index (χ4n) is 5.70. The quantitative estimate of drug-likeness (QED) is 0.0728. The molecule has 50 heavy (non-hydrogen) atoms. The number of pyridine rings is 4. The molecule has 0 unspecified atom stereocenters. The van der Waals surface area contributed by atoms with Gasteiger partial charge in [-0.25, -0.2) is 0 Å². The van der Waals surface area contributed by atoms with Gasteiger partial charge in [0.1, 0.15) is 0 Å². The van der Waals surface area contributed by atoms with Crippen LogP contribution in [0.25, 0.3) is 11.4 Å². The van der Waals surface area contributed by atoms with Crippen LogP contribution in [-0.2, 0) is 38.5 Å². The van der Waals surface area contributed by atoms with E-state index < -0.39 is 0 Å². The minimum atomic E-state index is 0.807. The summed E-state index contributed by atoms with van der Waals surface area (Å²) < 4.78 is 0. The molecule has 0 aliphatic heterocycles. The molecule has 0 atom stereocenters. The molecule has 0 saturated carbocycles. The lowest BCUT2D eigenvalue weighted by Gasteiger charge is -2.06. The van der Waals surface area contributed by atoms with E-state index in [1.165, 1.54) is 33.4 Å². The van der Waals surface area contributed by atoms with Gasteiger partial charge in [-0.1, -0.05) is 84.9 Å². The highest BCUT2D eigenvalue weighted by atomic mass is 14.8. The highest BCUT2D eigenvalue weighted by Gasteiger charge is 2.05. The number of aliphatic imine (C=N–C) groups is 2. The molecule has 0 radical (unpaired) electrons. The van der Waals surface area contributed by atoms with Gasteiger partial charge >= 0.3 is 0 Å². The predicted octanol–water partition coefficient (Wildman–Crippen LogP) is 8.61. The highest BCUT2D eigenvalue weighted by molar-refractivity contribution is 5.77. The average molecular weight is 657 g/mol. The first kappa shape index (κ1) is 34.3. The first-order chi connectivity index (χ1) is 24.8. The second-order valence-corrected chi connectivity index (χ2v) is 12.5. The molecule has 0 saturated heterocycles. The normalized spacial score (nSPS) is 11.4. The maximum Gasteiger partial charge on any atom is 0.0886 e. The summed E-state index contributed by atoms with van der Waals surface area (Å²) in [6.45, 7) is 1.61. The van der Waals surface area contributed by atoms with Gasteiger partial charge in [0.15, 0.2) is 0 Å². The van der Waals surface area contributed by atoms with Crippen LogP contribution < -0.4 is 0 Å². The van der Waals surface area contributed by atoms with E-state index in [4.69, 9.17) is 9.97 Å². The number of nitrogens with zero attached hydrogens (tertiary/aromatic N) is 6. The zero-order chi connectivity index (χ0) is 34.1. The van der Waals surface area contributed by atoms with Crippen LogP contribution in [0.3, 0.4) is 0 Å². The molecular formula is C44H44N6. The maximum atomic E-state index is 4.71. The van der Waals surface area contributed by atoms with Crippen LogP contribution in [0.2, 0.25) is 0 Å². The Balaban J connectivity index is 0.888. The van der Waals surface area contributed by atoms with Crippen molar-refractivity contribution in [3.05, 3.63) is 179 Å². The smallest absolute Gasteiger partial charge is 0.0886 e. The minimum Gasteiger partial charge on any atom is -0.291 e. The summed E-state index contributed by atoms with van der Waals surface area (Å²) in [7, 11) is 0. The van der Waals surface area contributed by atoms with Crippen LogP contribution in [0, 0.1) is 0 Å². The third-order valence-electron chi connectivity index (χ3n) is 8.65. The summed E-state index contributed by atoms with van der Waals surface area (Å²) in [5.41, 5.74) is 11.1. The molecular weight excluding hydrogens is 613 g/mol. The summed E-state index contributed by atoms with van der Waals surface area (Å²) in [6.07, 6.45) is 19.4. The Kier molecular flexibility index (Phi) is 12.9. The predicted molar refractivity (Wildman–Crippen MR) is 205 cm³/mol. The second kappa shape index (κ2) is 18.8. The van der Waals surface area contributed by atoms with Crippen molar-refractivity contribution in [1.82, 2.24) is 19.9 Å². The van der Waals surface area contributed by atoms with Crippen molar-refractivity contribution in [2.45, 2.75) is 51.4 Å². The van der Waals surface area contributed by atoms with E-state index in [-0.39, 0.29) is 0 Å². The summed E-state index contributed by atoms with van der Waals surface area (Å²) >= 11 is 0. The van der Waals surface area contributed by atoms with Gasteiger partial charge in [-0.05, 0) is 109 Å². The Bertz CT molecular complexity index is 1760. The Labute approximate surface area is 296 Å². The molecule has 4 heterocycles. The molecule has 0 aliphatic carbocycles. The third kappa shape index (κ3) is 11.2. The standard InChI is InChI=1S/C44H44N6/c1-3-9-35(10-4-1)13-7-27-45-33-41-23-19-37(29-47-41)15-17-39-21-25-43(49-31-39)44-26-22-40(32-50-44)18-16-38-20-24-42(48-30-38)34-46-28-8-14-36-11-5-2-6-12-36/h1-6,9-12,19-26,29-34H,7-8,13-18,27-28H2. The van der Waals surface area contributed by atoms with E-state index >= 15 is 0 Å². The van der Waals surface area contributed by atoms with Crippen molar-refractivity contribution < 1.29 is 0 Å². The van der Waals surface area contributed by atoms with Crippen LogP contribution in [0.5, 0.6) is 0 Å². The molecule has 0 spiro atoms. The highest BCUT2D eigenvalue weighted by Crippen LogP contribution is 2.17. The van der Waals surface area contributed by atoms with Gasteiger partial charge in [-0.2, -0.15) is 0 Å². The number of hydrogen-bond acceptors (Lipinski definition) is 6. The molecule has 6 aromatic rings. The SMILES string of the molecule is C(=NCCCc1ccccc1)c1ccc(CCc2ccc(-c3ccc(CCc4ccc(C=NCCCc5ccccc5)nc4)cn3)nc2)cn1. The summed E-state index contributed by atoms with van der Waals surface area (Å²) in [5, 5.41) is 0. The first-order valence-electron chi connectivity index (χ1n) is 17.6. The molecule has 0 bridgehead atoms. The lowest BCUT2D eigenvalue weighted by atomic mass is 10.1. The van der Waals surface area contributed by atoms with Crippen molar-refractivity contribution >= 4 is 12.4 Å². The molecule has 250 valence electrons. The number of aromatic nitrogens is 4. The average Bonchev–Trinajstić information content (AvgIpc) is 3.18. The van der Waals surface area contributed by atoms with Gasteiger partial charge in [0.2, 0.25) is 0 Å². The molecule has 4 aromatic heterocycles. The summed E-state index contributed by atoms with van der Waals surface area (Å²) in [4.78, 5) is 27.7. The van der Waals surface area contributed by atoms with Crippen LogP contribution in [0.4, 0.5) is 0 Å². The largest absolute Gasteiger partial charge is 0.291 e. The molecule has 0 N–H and O–H groups in total. The van der Waals surface area contributed by atoms with Crippen LogP contribution in [-0.4, -0.2) is 45.5 Å². The molecule has 0 fully saturated rings. The first-order valence-corrected chi connectivity index (χ1v) is 17.6. The Morgan fingerprint density at radius 2 is 0.740 bits per heavy atom. The van der Waals surface area contributed by atoms with Gasteiger partial charge in [-0.3, -0.25) is 29.9 Å². The zero-order valence-electron chi connectivity index (χ0n) is 28.6. The van der Waals surface area contributed by atoms with E-state index in [2.05, 4.69) is 117 Å². The van der Waals surface area contributed by atoms with Crippen molar-refractivity contribution in [2.75, 3.05) is 13.1 Å². The summed E-state index contributed by atoms with van der Waals surface area (Å²) in [6, 6.07) is 37.9. The fraction of sp³-hybridized carbons (Fsp3) is 0.227. The Morgan fingerprint density at radius 1 is 0.360 bits per heavy atom. The number of aryl methyl sites for hydroxylation is 6. The lowest BCUT2D eigenvalue weighted by Crippen LogP contribution is -1.97. The maximum absolute atomic E-state index is 4.71. The fourth-order valence-corrected chi connectivity index (χ4v) is 5.70. The number of benzene rings is 2. The molecule has 0 amide bonds. The topological polar surface area (TPSA) is 76.3 Å². The van der Waals surface area contributed by atoms with Crippen LogP contribution >= 0.6 is 0 Å². The monoisotopic (exact) mass is 656 g/mol. The van der Waals surface area contributed by atoms with Crippen LogP contribution in [0.15, 0.2) is 144 Å². The zero-order valence-corrected chi connectivity index (χ0v) is 28.6. The second-order valence-electron chi connectivity index (χ2n) is 12.5. The van der Waals surface area contributed by atoms with Gasteiger partial charge in [0, 0.05) is 50.3 Å². The van der Waals surface area contributed by atoms with Crippen molar-refractivity contribution in [1.29, 1.82) is 0 Å². The lowest BCUT2D eigenvalue weighted by molar-refractivity contribution is 0.835. The van der Waals surface area contributed by atoms with E-state index in [1.54, 1.807) is 0 Å².